The Kier molecular flexibility index (Phi) is 8.68. The molecule has 0 saturated heterocycles. The number of rotatable bonds is 6. The molecule has 2 nitrogen and oxygen atoms in total. The largest absolute Gasteiger partial charge is 0.192 e. The summed E-state index contributed by atoms with van der Waals surface area (Å²) in [5.41, 5.74) is 1.87. The van der Waals surface area contributed by atoms with Gasteiger partial charge in [0.1, 0.15) is 12.1 Å². The van der Waals surface area contributed by atoms with Crippen LogP contribution < -0.4 is 0 Å². The molecule has 0 atom stereocenters. The molecule has 0 aromatic carbocycles. The van der Waals surface area contributed by atoms with Crippen LogP contribution in [-0.4, -0.2) is 0 Å². The Balaban J connectivity index is 6.27. The molecule has 0 bridgehead atoms. The highest BCUT2D eigenvalue weighted by Gasteiger charge is 2.11. The van der Waals surface area contributed by atoms with Gasteiger partial charge in [-0.1, -0.05) is 61.8 Å². The van der Waals surface area contributed by atoms with Gasteiger partial charge in [0.2, 0.25) is 0 Å². The van der Waals surface area contributed by atoms with Crippen LogP contribution in [0, 0.1) is 22.7 Å². The van der Waals surface area contributed by atoms with Crippen molar-refractivity contribution in [1.82, 2.24) is 0 Å². The van der Waals surface area contributed by atoms with E-state index in [-0.39, 0.29) is 0 Å². The Hall–Kier alpha value is -2.84. The zero-order chi connectivity index (χ0) is 15.4. The minimum absolute atomic E-state index is 0.298. The maximum absolute atomic E-state index is 9.37. The van der Waals surface area contributed by atoms with E-state index >= 15 is 0 Å². The molecule has 2 heteroatoms. The highest BCUT2D eigenvalue weighted by Crippen LogP contribution is 2.22. The first-order valence-electron chi connectivity index (χ1n) is 6.16. The lowest BCUT2D eigenvalue weighted by Gasteiger charge is -2.05. The Labute approximate surface area is 121 Å². The number of nitriles is 2. The number of allylic oxidation sites excluding steroid dienone is 12. The normalized spacial score (nSPS) is 13.8. The van der Waals surface area contributed by atoms with E-state index in [1.54, 1.807) is 36.5 Å². The number of hydrogen-bond donors (Lipinski definition) is 0. The van der Waals surface area contributed by atoms with Gasteiger partial charge in [-0.05, 0) is 25.0 Å². The molecule has 0 saturated carbocycles. The highest BCUT2D eigenvalue weighted by molar-refractivity contribution is 5.63. The third kappa shape index (κ3) is 4.80. The van der Waals surface area contributed by atoms with E-state index in [0.29, 0.717) is 22.3 Å². The molecule has 100 valence electrons. The van der Waals surface area contributed by atoms with Crippen molar-refractivity contribution >= 4 is 0 Å². The fraction of sp³-hybridized carbons (Fsp3) is 0.111. The summed E-state index contributed by atoms with van der Waals surface area (Å²) in [6.07, 6.45) is 13.8. The van der Waals surface area contributed by atoms with Gasteiger partial charge in [-0.2, -0.15) is 10.5 Å². The molecule has 0 fully saturated rings. The first-order chi connectivity index (χ1) is 9.69. The molecule has 0 aliphatic carbocycles. The molecule has 0 aromatic rings. The second kappa shape index (κ2) is 10.1. The molecule has 0 amide bonds. The van der Waals surface area contributed by atoms with Crippen LogP contribution in [0.4, 0.5) is 0 Å². The molecular formula is C18H18N2. The minimum Gasteiger partial charge on any atom is -0.192 e. The van der Waals surface area contributed by atoms with Crippen molar-refractivity contribution in [3.05, 3.63) is 84.1 Å². The Morgan fingerprint density at radius 3 is 1.90 bits per heavy atom. The second-order valence-corrected chi connectivity index (χ2v) is 3.68. The Morgan fingerprint density at radius 1 is 0.900 bits per heavy atom. The summed E-state index contributed by atoms with van der Waals surface area (Å²) in [6, 6.07) is 4.18. The van der Waals surface area contributed by atoms with E-state index < -0.39 is 0 Å². The van der Waals surface area contributed by atoms with Crippen LogP contribution in [0.5, 0.6) is 0 Å². The van der Waals surface area contributed by atoms with Gasteiger partial charge in [0, 0.05) is 0 Å². The summed E-state index contributed by atoms with van der Waals surface area (Å²) in [4.78, 5) is 0. The third-order valence-electron chi connectivity index (χ3n) is 2.38. The topological polar surface area (TPSA) is 47.6 Å². The van der Waals surface area contributed by atoms with Gasteiger partial charge in [0.25, 0.3) is 0 Å². The van der Waals surface area contributed by atoms with Gasteiger partial charge < -0.3 is 0 Å². The van der Waals surface area contributed by atoms with Gasteiger partial charge in [-0.3, -0.25) is 0 Å². The Morgan fingerprint density at radius 2 is 1.50 bits per heavy atom. The van der Waals surface area contributed by atoms with Crippen molar-refractivity contribution < 1.29 is 0 Å². The molecule has 0 aliphatic rings. The number of nitrogens with zero attached hydrogens (tertiary/aromatic N) is 2. The monoisotopic (exact) mass is 262 g/mol. The molecule has 0 unspecified atom stereocenters. The fourth-order valence-electron chi connectivity index (χ4n) is 1.51. The van der Waals surface area contributed by atoms with Gasteiger partial charge in [-0.15, -0.1) is 0 Å². The Bertz CT molecular complexity index is 594. The van der Waals surface area contributed by atoms with Crippen LogP contribution in [0.2, 0.25) is 0 Å². The molecule has 0 heterocycles. The molecule has 20 heavy (non-hydrogen) atoms. The van der Waals surface area contributed by atoms with Crippen LogP contribution in [0.25, 0.3) is 0 Å². The molecule has 0 aliphatic heterocycles. The van der Waals surface area contributed by atoms with Crippen molar-refractivity contribution in [2.45, 2.75) is 13.8 Å². The van der Waals surface area contributed by atoms with Gasteiger partial charge in [0.15, 0.2) is 0 Å². The van der Waals surface area contributed by atoms with Crippen LogP contribution in [-0.2, 0) is 0 Å². The lowest BCUT2D eigenvalue weighted by molar-refractivity contribution is 1.38. The standard InChI is InChI=1S/C18H18N2/c1-5-9-12-15(8-4)17(13-19)18(14-20)16(10-6-2)11-7-3/h5-12H,2,4H2,1,3H3/b9-5-,11-7-,15-12+,16-10+,18-17+. The summed E-state index contributed by atoms with van der Waals surface area (Å²) in [5, 5.41) is 18.7. The van der Waals surface area contributed by atoms with Crippen molar-refractivity contribution in [2.24, 2.45) is 0 Å². The van der Waals surface area contributed by atoms with E-state index in [1.807, 2.05) is 26.0 Å². The van der Waals surface area contributed by atoms with Crippen LogP contribution in [0.3, 0.4) is 0 Å². The summed E-state index contributed by atoms with van der Waals surface area (Å²) in [6.45, 7) is 11.0. The minimum atomic E-state index is 0.298. The lowest BCUT2D eigenvalue weighted by Crippen LogP contribution is -1.94. The van der Waals surface area contributed by atoms with Crippen molar-refractivity contribution in [3.63, 3.8) is 0 Å². The van der Waals surface area contributed by atoms with E-state index in [4.69, 9.17) is 0 Å². The zero-order valence-corrected chi connectivity index (χ0v) is 11.9. The average molecular weight is 262 g/mol. The molecule has 0 spiro atoms. The van der Waals surface area contributed by atoms with Crippen molar-refractivity contribution in [3.8, 4) is 12.1 Å². The predicted octanol–water partition coefficient (Wildman–Crippen LogP) is 4.71. The summed E-state index contributed by atoms with van der Waals surface area (Å²) in [5.74, 6) is 0. The van der Waals surface area contributed by atoms with E-state index in [2.05, 4.69) is 25.3 Å². The smallest absolute Gasteiger partial charge is 0.101 e. The SMILES string of the molecule is C=C/C=C(\C=C/C)C(/C#N)=C(C#N)/C(C=C)=C/C=C\C. The molecule has 0 N–H and O–H groups in total. The van der Waals surface area contributed by atoms with Crippen molar-refractivity contribution in [2.75, 3.05) is 0 Å². The van der Waals surface area contributed by atoms with Gasteiger partial charge in [-0.25, -0.2) is 0 Å². The van der Waals surface area contributed by atoms with E-state index in [0.717, 1.165) is 0 Å². The van der Waals surface area contributed by atoms with Gasteiger partial charge in [0.05, 0.1) is 11.1 Å². The first-order valence-corrected chi connectivity index (χ1v) is 6.16. The van der Waals surface area contributed by atoms with Crippen molar-refractivity contribution in [1.29, 1.82) is 10.5 Å². The summed E-state index contributed by atoms with van der Waals surface area (Å²) < 4.78 is 0. The van der Waals surface area contributed by atoms with Gasteiger partial charge >= 0.3 is 0 Å². The van der Waals surface area contributed by atoms with Crippen LogP contribution in [0.1, 0.15) is 13.8 Å². The molecule has 0 rings (SSSR count). The molecule has 0 aromatic heterocycles. The first kappa shape index (κ1) is 17.2. The molecule has 0 radical (unpaired) electrons. The third-order valence-corrected chi connectivity index (χ3v) is 2.38. The quantitative estimate of drug-likeness (QED) is 0.514. The second-order valence-electron chi connectivity index (χ2n) is 3.68. The number of hydrogen-bond acceptors (Lipinski definition) is 2. The zero-order valence-electron chi connectivity index (χ0n) is 11.9. The predicted molar refractivity (Wildman–Crippen MR) is 84.4 cm³/mol. The molecular weight excluding hydrogens is 244 g/mol. The van der Waals surface area contributed by atoms with Crippen LogP contribution in [0.15, 0.2) is 84.1 Å². The van der Waals surface area contributed by atoms with E-state index in [9.17, 15) is 10.5 Å². The summed E-state index contributed by atoms with van der Waals surface area (Å²) in [7, 11) is 0. The van der Waals surface area contributed by atoms with E-state index in [1.165, 1.54) is 0 Å². The highest BCUT2D eigenvalue weighted by atomic mass is 14.3. The van der Waals surface area contributed by atoms with Crippen LogP contribution >= 0.6 is 0 Å². The fourth-order valence-corrected chi connectivity index (χ4v) is 1.51. The maximum atomic E-state index is 9.37. The lowest BCUT2D eigenvalue weighted by atomic mass is 9.95. The average Bonchev–Trinajstić information content (AvgIpc) is 2.46. The maximum Gasteiger partial charge on any atom is 0.101 e. The summed E-state index contributed by atoms with van der Waals surface area (Å²) >= 11 is 0.